The molecule has 1 unspecified atom stereocenters. The van der Waals surface area contributed by atoms with E-state index in [1.165, 1.54) is 89.5 Å². The van der Waals surface area contributed by atoms with Gasteiger partial charge in [-0.3, -0.25) is 10.1 Å². The van der Waals surface area contributed by atoms with E-state index in [9.17, 15) is 10.1 Å². The van der Waals surface area contributed by atoms with Crippen molar-refractivity contribution in [1.82, 2.24) is 0 Å². The maximum Gasteiger partial charge on any atom is 0.275 e. The SMILES string of the molecule is CCCCCCCCCCCCCCCCOc1ccc(C(O[SiH3])c2ccccc2[N+](=O)[O-])cc1. The zero-order valence-electron chi connectivity index (χ0n) is 21.9. The number of nitro benzene ring substituents is 1. The van der Waals surface area contributed by atoms with Crippen LogP contribution in [0.1, 0.15) is 114 Å². The summed E-state index contributed by atoms with van der Waals surface area (Å²) in [7, 11) is 0.483. The molecule has 0 radical (unpaired) electrons. The van der Waals surface area contributed by atoms with Crippen LogP contribution < -0.4 is 4.74 Å². The first-order valence-corrected chi connectivity index (χ1v) is 14.5. The van der Waals surface area contributed by atoms with Crippen LogP contribution in [0.15, 0.2) is 48.5 Å². The molecule has 0 heterocycles. The van der Waals surface area contributed by atoms with Crippen LogP contribution in [0.4, 0.5) is 5.69 Å². The molecule has 2 aromatic rings. The van der Waals surface area contributed by atoms with Gasteiger partial charge in [-0.15, -0.1) is 0 Å². The molecule has 0 N–H and O–H groups in total. The number of ether oxygens (including phenoxy) is 1. The van der Waals surface area contributed by atoms with Crippen molar-refractivity contribution in [2.75, 3.05) is 6.61 Å². The summed E-state index contributed by atoms with van der Waals surface area (Å²) in [5, 5.41) is 11.4. The molecule has 6 heteroatoms. The minimum absolute atomic E-state index is 0.0893. The highest BCUT2D eigenvalue weighted by atomic mass is 28.2. The van der Waals surface area contributed by atoms with E-state index in [1.807, 2.05) is 30.3 Å². The first kappa shape index (κ1) is 29.0. The van der Waals surface area contributed by atoms with E-state index < -0.39 is 6.10 Å². The molecule has 0 saturated heterocycles. The summed E-state index contributed by atoms with van der Waals surface area (Å²) in [6.45, 7) is 3.00. The Morgan fingerprint density at radius 2 is 1.29 bits per heavy atom. The summed E-state index contributed by atoms with van der Waals surface area (Å²) in [6.07, 6.45) is 18.4. The molecule has 5 nitrogen and oxygen atoms in total. The number of nitro groups is 1. The predicted molar refractivity (Wildman–Crippen MR) is 148 cm³/mol. The third kappa shape index (κ3) is 11.4. The van der Waals surface area contributed by atoms with Crippen molar-refractivity contribution in [3.8, 4) is 5.75 Å². The van der Waals surface area contributed by atoms with E-state index >= 15 is 0 Å². The zero-order chi connectivity index (χ0) is 25.1. The van der Waals surface area contributed by atoms with Crippen molar-refractivity contribution in [2.45, 2.75) is 103 Å². The van der Waals surface area contributed by atoms with Crippen LogP contribution in [-0.2, 0) is 4.43 Å². The van der Waals surface area contributed by atoms with Crippen molar-refractivity contribution < 1.29 is 14.1 Å². The summed E-state index contributed by atoms with van der Waals surface area (Å²) in [4.78, 5) is 11.0. The molecule has 0 saturated carbocycles. The van der Waals surface area contributed by atoms with Gasteiger partial charge in [0.2, 0.25) is 0 Å². The number of hydrogen-bond donors (Lipinski definition) is 0. The van der Waals surface area contributed by atoms with E-state index in [-0.39, 0.29) is 10.6 Å². The smallest absolute Gasteiger partial charge is 0.275 e. The van der Waals surface area contributed by atoms with Crippen molar-refractivity contribution in [1.29, 1.82) is 0 Å². The fourth-order valence-corrected chi connectivity index (χ4v) is 5.07. The lowest BCUT2D eigenvalue weighted by Gasteiger charge is -2.17. The third-order valence-electron chi connectivity index (χ3n) is 6.60. The average molecular weight is 500 g/mol. The standard InChI is InChI=1S/C29H45NO4Si/c1-2-3-4-5-6-7-8-9-10-11-12-13-14-17-24-33-26-22-20-25(21-23-26)29(34-35)27-18-15-16-19-28(27)30(31)32/h15-16,18-23,29H,2-14,17,24H2,1,35H3. The summed E-state index contributed by atoms with van der Waals surface area (Å²) in [5.74, 6) is 0.832. The second-order valence-corrected chi connectivity index (χ2v) is 9.92. The lowest BCUT2D eigenvalue weighted by atomic mass is 10.00. The number of rotatable bonds is 20. The number of nitrogens with zero attached hydrogens (tertiary/aromatic N) is 1. The van der Waals surface area contributed by atoms with Gasteiger partial charge in [0.1, 0.15) is 22.3 Å². The Kier molecular flexibility index (Phi) is 15.1. The van der Waals surface area contributed by atoms with Crippen LogP contribution in [0.25, 0.3) is 0 Å². The highest BCUT2D eigenvalue weighted by molar-refractivity contribution is 5.98. The van der Waals surface area contributed by atoms with Crippen LogP contribution in [0.2, 0.25) is 0 Å². The lowest BCUT2D eigenvalue weighted by Crippen LogP contribution is -2.07. The summed E-state index contributed by atoms with van der Waals surface area (Å²) in [5.41, 5.74) is 1.58. The van der Waals surface area contributed by atoms with Crippen LogP contribution >= 0.6 is 0 Å². The van der Waals surface area contributed by atoms with Gasteiger partial charge in [-0.1, -0.05) is 115 Å². The van der Waals surface area contributed by atoms with Gasteiger partial charge in [-0.2, -0.15) is 0 Å². The quantitative estimate of drug-likeness (QED) is 0.0805. The van der Waals surface area contributed by atoms with Gasteiger partial charge >= 0.3 is 0 Å². The van der Waals surface area contributed by atoms with Crippen LogP contribution in [-0.4, -0.2) is 22.0 Å². The molecule has 2 aromatic carbocycles. The Balaban J connectivity index is 1.57. The Morgan fingerprint density at radius 3 is 1.80 bits per heavy atom. The molecule has 0 bridgehead atoms. The number of para-hydroxylation sites is 1. The Morgan fingerprint density at radius 1 is 0.771 bits per heavy atom. The van der Waals surface area contributed by atoms with E-state index in [0.29, 0.717) is 16.0 Å². The molecule has 0 spiro atoms. The molecule has 0 aliphatic rings. The van der Waals surface area contributed by atoms with E-state index in [4.69, 9.17) is 9.16 Å². The lowest BCUT2D eigenvalue weighted by molar-refractivity contribution is -0.386. The van der Waals surface area contributed by atoms with Gasteiger partial charge in [0.05, 0.1) is 17.1 Å². The van der Waals surface area contributed by atoms with E-state index in [1.54, 1.807) is 12.1 Å². The average Bonchev–Trinajstić information content (AvgIpc) is 2.88. The van der Waals surface area contributed by atoms with Crippen LogP contribution in [0.5, 0.6) is 5.75 Å². The molecule has 35 heavy (non-hydrogen) atoms. The summed E-state index contributed by atoms with van der Waals surface area (Å²) >= 11 is 0. The molecule has 2 rings (SSSR count). The van der Waals surface area contributed by atoms with Gasteiger partial charge in [0.15, 0.2) is 0 Å². The second kappa shape index (κ2) is 18.1. The molecule has 1 atom stereocenters. The molecule has 0 aromatic heterocycles. The topological polar surface area (TPSA) is 61.6 Å². The van der Waals surface area contributed by atoms with Crippen molar-refractivity contribution in [3.63, 3.8) is 0 Å². The molecular formula is C29H45NO4Si. The zero-order valence-corrected chi connectivity index (χ0v) is 23.9. The molecule has 0 amide bonds. The molecular weight excluding hydrogens is 454 g/mol. The Hall–Kier alpha value is -2.18. The fraction of sp³-hybridized carbons (Fsp3) is 0.586. The maximum atomic E-state index is 11.4. The van der Waals surface area contributed by atoms with Gasteiger partial charge in [0.25, 0.3) is 5.69 Å². The normalized spacial score (nSPS) is 12.0. The summed E-state index contributed by atoms with van der Waals surface area (Å²) in [6, 6.07) is 14.5. The largest absolute Gasteiger partial charge is 0.494 e. The Labute approximate surface area is 215 Å². The van der Waals surface area contributed by atoms with Gasteiger partial charge in [0, 0.05) is 6.07 Å². The first-order chi connectivity index (χ1) is 17.2. The highest BCUT2D eigenvalue weighted by Crippen LogP contribution is 2.32. The van der Waals surface area contributed by atoms with Crippen molar-refractivity contribution >= 4 is 16.2 Å². The number of benzene rings is 2. The molecule has 0 aliphatic heterocycles. The van der Waals surface area contributed by atoms with Gasteiger partial charge in [-0.05, 0) is 30.2 Å². The minimum atomic E-state index is -0.428. The van der Waals surface area contributed by atoms with E-state index in [2.05, 4.69) is 6.92 Å². The van der Waals surface area contributed by atoms with Gasteiger partial charge < -0.3 is 9.16 Å². The van der Waals surface area contributed by atoms with Crippen LogP contribution in [0.3, 0.4) is 0 Å². The Bertz CT molecular complexity index is 828. The predicted octanol–water partition coefficient (Wildman–Crippen LogP) is 7.84. The fourth-order valence-electron chi connectivity index (χ4n) is 4.54. The van der Waals surface area contributed by atoms with Crippen molar-refractivity contribution in [2.24, 2.45) is 0 Å². The maximum absolute atomic E-state index is 11.4. The number of unbranched alkanes of at least 4 members (excludes halogenated alkanes) is 13. The van der Waals surface area contributed by atoms with Crippen molar-refractivity contribution in [3.05, 3.63) is 69.8 Å². The van der Waals surface area contributed by atoms with Crippen LogP contribution in [0, 0.1) is 10.1 Å². The highest BCUT2D eigenvalue weighted by Gasteiger charge is 2.22. The van der Waals surface area contributed by atoms with Gasteiger partial charge in [-0.25, -0.2) is 0 Å². The summed E-state index contributed by atoms with van der Waals surface area (Å²) < 4.78 is 11.6. The third-order valence-corrected chi connectivity index (χ3v) is 7.07. The minimum Gasteiger partial charge on any atom is -0.494 e. The molecule has 194 valence electrons. The van der Waals surface area contributed by atoms with E-state index in [0.717, 1.165) is 24.3 Å². The number of hydrogen-bond acceptors (Lipinski definition) is 4. The molecule has 0 fully saturated rings. The molecule has 0 aliphatic carbocycles. The monoisotopic (exact) mass is 499 g/mol. The first-order valence-electron chi connectivity index (χ1n) is 13.7. The second-order valence-electron chi connectivity index (χ2n) is 9.45.